The van der Waals surface area contributed by atoms with E-state index in [0.29, 0.717) is 30.0 Å². The predicted octanol–water partition coefficient (Wildman–Crippen LogP) is 3.23. The molecule has 2 aliphatic rings. The third-order valence-electron chi connectivity index (χ3n) is 5.98. The third-order valence-corrected chi connectivity index (χ3v) is 5.98. The monoisotopic (exact) mass is 455 g/mol. The van der Waals surface area contributed by atoms with Crippen LogP contribution in [-0.2, 0) is 9.53 Å². The number of benzene rings is 2. The van der Waals surface area contributed by atoms with Crippen molar-refractivity contribution in [3.8, 4) is 11.5 Å². The molecule has 0 fully saturated rings. The Balaban J connectivity index is 1.41. The zero-order valence-electron chi connectivity index (χ0n) is 18.9. The van der Waals surface area contributed by atoms with Gasteiger partial charge in [0.1, 0.15) is 17.6 Å². The first-order chi connectivity index (χ1) is 15.6. The van der Waals surface area contributed by atoms with Crippen LogP contribution < -0.4 is 20.3 Å². The van der Waals surface area contributed by atoms with E-state index in [1.807, 2.05) is 45.0 Å². The molecule has 2 heterocycles. The Morgan fingerprint density at radius 3 is 2.82 bits per heavy atom. The van der Waals surface area contributed by atoms with Crippen molar-refractivity contribution in [2.45, 2.75) is 44.9 Å². The van der Waals surface area contributed by atoms with E-state index < -0.39 is 11.6 Å². The lowest BCUT2D eigenvalue weighted by Gasteiger charge is -2.35. The summed E-state index contributed by atoms with van der Waals surface area (Å²) in [4.78, 5) is 25.7. The lowest BCUT2D eigenvalue weighted by Crippen LogP contribution is -2.46. The molecule has 0 aromatic heterocycles. The Labute approximate surface area is 192 Å². The average Bonchev–Trinajstić information content (AvgIpc) is 2.76. The van der Waals surface area contributed by atoms with Crippen molar-refractivity contribution in [2.24, 2.45) is 0 Å². The molecule has 4 N–H and O–H groups in total. The Morgan fingerprint density at radius 1 is 1.27 bits per heavy atom. The van der Waals surface area contributed by atoms with E-state index in [-0.39, 0.29) is 37.0 Å². The van der Waals surface area contributed by atoms with Gasteiger partial charge in [-0.2, -0.15) is 0 Å². The highest BCUT2D eigenvalue weighted by molar-refractivity contribution is 5.96. The molecule has 4 rings (SSSR count). The van der Waals surface area contributed by atoms with Gasteiger partial charge in [0, 0.05) is 35.8 Å². The molecule has 0 radical (unpaired) electrons. The second kappa shape index (κ2) is 8.92. The maximum Gasteiger partial charge on any atom is 0.414 e. The van der Waals surface area contributed by atoms with Gasteiger partial charge in [-0.05, 0) is 39.3 Å². The van der Waals surface area contributed by atoms with Crippen LogP contribution >= 0.6 is 0 Å². The molecule has 0 spiro atoms. The summed E-state index contributed by atoms with van der Waals surface area (Å²) in [6, 6.07) is 10.5. The highest BCUT2D eigenvalue weighted by Gasteiger charge is 2.32. The number of hydrogen-bond acceptors (Lipinski definition) is 7. The van der Waals surface area contributed by atoms with Gasteiger partial charge >= 0.3 is 6.09 Å². The van der Waals surface area contributed by atoms with Gasteiger partial charge in [0.05, 0.1) is 17.5 Å². The first kappa shape index (κ1) is 22.9. The van der Waals surface area contributed by atoms with Crippen LogP contribution in [0.1, 0.15) is 50.5 Å². The molecule has 2 amide bonds. The molecule has 9 nitrogen and oxygen atoms in total. The number of phenolic OH excluding ortho intramolecular Hbond substituents is 1. The number of hydrogen-bond donors (Lipinski definition) is 4. The van der Waals surface area contributed by atoms with Crippen molar-refractivity contribution < 1.29 is 29.3 Å². The summed E-state index contributed by atoms with van der Waals surface area (Å²) in [7, 11) is 0. The van der Waals surface area contributed by atoms with Gasteiger partial charge in [-0.15, -0.1) is 0 Å². The molecule has 33 heavy (non-hydrogen) atoms. The standard InChI is InChI=1S/C24H29N3O6/c1-14-16-6-4-5-7-19(16)27(23(31)33-14)9-8-24(2,3)25-12-20(29)17-10-15(28)11-18-22(17)32-13-21(30)26-18/h4-7,10-11,14,20,25,28-29H,8-9,12-13H2,1-3H3,(H,26,30). The smallest absolute Gasteiger partial charge is 0.414 e. The third kappa shape index (κ3) is 4.89. The number of nitrogens with zero attached hydrogens (tertiary/aromatic N) is 1. The van der Waals surface area contributed by atoms with Gasteiger partial charge in [-0.25, -0.2) is 4.79 Å². The number of amides is 2. The van der Waals surface area contributed by atoms with Crippen LogP contribution in [0.25, 0.3) is 0 Å². The van der Waals surface area contributed by atoms with Crippen LogP contribution in [0, 0.1) is 0 Å². The molecule has 0 aliphatic carbocycles. The van der Waals surface area contributed by atoms with Gasteiger partial charge in [-0.3, -0.25) is 9.69 Å². The molecule has 0 saturated heterocycles. The van der Waals surface area contributed by atoms with Crippen LogP contribution in [0.15, 0.2) is 36.4 Å². The lowest BCUT2D eigenvalue weighted by molar-refractivity contribution is -0.118. The minimum absolute atomic E-state index is 0.0793. The van der Waals surface area contributed by atoms with Gasteiger partial charge < -0.3 is 30.3 Å². The van der Waals surface area contributed by atoms with Crippen molar-refractivity contribution in [2.75, 3.05) is 29.9 Å². The van der Waals surface area contributed by atoms with Gasteiger partial charge in [0.2, 0.25) is 0 Å². The number of nitrogens with one attached hydrogen (secondary N) is 2. The van der Waals surface area contributed by atoms with Gasteiger partial charge in [0.25, 0.3) is 5.91 Å². The van der Waals surface area contributed by atoms with Crippen molar-refractivity contribution in [1.29, 1.82) is 0 Å². The van der Waals surface area contributed by atoms with E-state index in [4.69, 9.17) is 9.47 Å². The van der Waals surface area contributed by atoms with Crippen LogP contribution in [0.3, 0.4) is 0 Å². The number of aliphatic hydroxyl groups excluding tert-OH is 1. The molecule has 176 valence electrons. The Hall–Kier alpha value is -3.30. The average molecular weight is 456 g/mol. The SMILES string of the molecule is CC1OC(=O)N(CCC(C)(C)NCC(O)c2cc(O)cc3c2OCC(=O)N3)c2ccccc21. The van der Waals surface area contributed by atoms with E-state index in [1.165, 1.54) is 12.1 Å². The number of carbonyl (C=O) groups is 2. The highest BCUT2D eigenvalue weighted by atomic mass is 16.6. The maximum atomic E-state index is 12.5. The zero-order valence-corrected chi connectivity index (χ0v) is 18.9. The quantitative estimate of drug-likeness (QED) is 0.506. The number of cyclic esters (lactones) is 1. The van der Waals surface area contributed by atoms with Gasteiger partial charge in [0.15, 0.2) is 6.61 Å². The van der Waals surface area contributed by atoms with Crippen LogP contribution in [0.2, 0.25) is 0 Å². The molecule has 9 heteroatoms. The number of phenols is 1. The summed E-state index contributed by atoms with van der Waals surface area (Å²) in [5.41, 5.74) is 2.11. The molecule has 0 saturated carbocycles. The van der Waals surface area contributed by atoms with E-state index in [0.717, 1.165) is 11.3 Å². The van der Waals surface area contributed by atoms with E-state index in [1.54, 1.807) is 4.90 Å². The van der Waals surface area contributed by atoms with Crippen molar-refractivity contribution in [3.05, 3.63) is 47.5 Å². The summed E-state index contributed by atoms with van der Waals surface area (Å²) < 4.78 is 11.0. The first-order valence-corrected chi connectivity index (χ1v) is 10.9. The molecular formula is C24H29N3O6. The van der Waals surface area contributed by atoms with Crippen molar-refractivity contribution in [3.63, 3.8) is 0 Å². The Kier molecular flexibility index (Phi) is 6.18. The van der Waals surface area contributed by atoms with Gasteiger partial charge in [-0.1, -0.05) is 18.2 Å². The van der Waals surface area contributed by atoms with Crippen LogP contribution in [0.5, 0.6) is 11.5 Å². The Morgan fingerprint density at radius 2 is 2.03 bits per heavy atom. The highest BCUT2D eigenvalue weighted by Crippen LogP contribution is 2.39. The fourth-order valence-electron chi connectivity index (χ4n) is 4.09. The van der Waals surface area contributed by atoms with E-state index in [9.17, 15) is 19.8 Å². The molecule has 2 aliphatic heterocycles. The number of carbonyl (C=O) groups excluding carboxylic acids is 2. The largest absolute Gasteiger partial charge is 0.508 e. The number of para-hydroxylation sites is 1. The number of fused-ring (bicyclic) bond motifs is 2. The molecular weight excluding hydrogens is 426 g/mol. The summed E-state index contributed by atoms with van der Waals surface area (Å²) in [5.74, 6) is -0.0503. The minimum atomic E-state index is -0.985. The number of β-amino-alcohol motifs (C(OH)–C–C–N with tert-alkyl or cyclic N) is 1. The van der Waals surface area contributed by atoms with Crippen molar-refractivity contribution >= 4 is 23.4 Å². The predicted molar refractivity (Wildman–Crippen MR) is 123 cm³/mol. The molecule has 2 aromatic rings. The number of aromatic hydroxyl groups is 1. The number of anilines is 2. The van der Waals surface area contributed by atoms with E-state index >= 15 is 0 Å². The molecule has 0 bridgehead atoms. The first-order valence-electron chi connectivity index (χ1n) is 10.9. The number of ether oxygens (including phenoxy) is 2. The molecule has 2 unspecified atom stereocenters. The summed E-state index contributed by atoms with van der Waals surface area (Å²) >= 11 is 0. The topological polar surface area (TPSA) is 120 Å². The summed E-state index contributed by atoms with van der Waals surface area (Å²) in [6.45, 7) is 6.29. The molecule has 2 atom stereocenters. The lowest BCUT2D eigenvalue weighted by atomic mass is 9.98. The fourth-order valence-corrected chi connectivity index (χ4v) is 4.09. The number of rotatable bonds is 7. The second-order valence-electron chi connectivity index (χ2n) is 9.02. The zero-order chi connectivity index (χ0) is 23.8. The maximum absolute atomic E-state index is 12.5. The van der Waals surface area contributed by atoms with Crippen LogP contribution in [-0.4, -0.2) is 47.4 Å². The van der Waals surface area contributed by atoms with Crippen LogP contribution in [0.4, 0.5) is 16.2 Å². The van der Waals surface area contributed by atoms with Crippen molar-refractivity contribution in [1.82, 2.24) is 5.32 Å². The normalized spacial score (nSPS) is 18.5. The number of aliphatic hydroxyl groups is 1. The summed E-state index contributed by atoms with van der Waals surface area (Å²) in [5, 5.41) is 26.8. The van der Waals surface area contributed by atoms with E-state index in [2.05, 4.69) is 10.6 Å². The fraction of sp³-hybridized carbons (Fsp3) is 0.417. The minimum Gasteiger partial charge on any atom is -0.508 e. The Bertz CT molecular complexity index is 1070. The second-order valence-corrected chi connectivity index (χ2v) is 9.02. The summed E-state index contributed by atoms with van der Waals surface area (Å²) in [6.07, 6.45) is -1.04. The molecule has 2 aromatic carbocycles.